The van der Waals surface area contributed by atoms with Gasteiger partial charge in [0.15, 0.2) is 0 Å². The number of nitrogens with zero attached hydrogens (tertiary/aromatic N) is 2. The fourth-order valence-corrected chi connectivity index (χ4v) is 3.35. The van der Waals surface area contributed by atoms with Crippen molar-refractivity contribution in [2.75, 3.05) is 7.11 Å². The second kappa shape index (κ2) is 8.71. The Morgan fingerprint density at radius 1 is 1.15 bits per heavy atom. The monoisotopic (exact) mass is 365 g/mol. The van der Waals surface area contributed by atoms with Gasteiger partial charge in [-0.15, -0.1) is 0 Å². The van der Waals surface area contributed by atoms with Crippen molar-refractivity contribution in [3.05, 3.63) is 59.9 Å². The van der Waals surface area contributed by atoms with Crippen LogP contribution in [0.1, 0.15) is 55.3 Å². The second-order valence-corrected chi connectivity index (χ2v) is 6.71. The molecule has 5 heteroatoms. The maximum atomic E-state index is 12.8. The first-order valence-electron chi connectivity index (χ1n) is 9.54. The van der Waals surface area contributed by atoms with Crippen LogP contribution in [0.3, 0.4) is 0 Å². The summed E-state index contributed by atoms with van der Waals surface area (Å²) in [7, 11) is 1.57. The molecule has 3 rings (SSSR count). The number of hydrogen-bond donors (Lipinski definition) is 1. The summed E-state index contributed by atoms with van der Waals surface area (Å²) in [6, 6.07) is 15.2. The van der Waals surface area contributed by atoms with E-state index in [0.717, 1.165) is 29.8 Å². The van der Waals surface area contributed by atoms with E-state index < -0.39 is 0 Å². The number of amides is 1. The number of rotatable bonds is 8. The minimum Gasteiger partial charge on any atom is -0.496 e. The smallest absolute Gasteiger partial charge is 0.255 e. The molecule has 1 atom stereocenters. The number of ether oxygens (including phenoxy) is 1. The van der Waals surface area contributed by atoms with E-state index in [1.54, 1.807) is 19.2 Å². The second-order valence-electron chi connectivity index (χ2n) is 6.71. The van der Waals surface area contributed by atoms with E-state index in [2.05, 4.69) is 22.9 Å². The Labute approximate surface area is 160 Å². The predicted molar refractivity (Wildman–Crippen MR) is 108 cm³/mol. The van der Waals surface area contributed by atoms with E-state index in [-0.39, 0.29) is 11.9 Å². The molecule has 5 nitrogen and oxygen atoms in total. The van der Waals surface area contributed by atoms with Gasteiger partial charge in [-0.2, -0.15) is 0 Å². The quantitative estimate of drug-likeness (QED) is 0.587. The van der Waals surface area contributed by atoms with Crippen molar-refractivity contribution in [3.63, 3.8) is 0 Å². The van der Waals surface area contributed by atoms with Crippen LogP contribution in [0.4, 0.5) is 0 Å². The zero-order chi connectivity index (χ0) is 19.2. The number of hydrogen-bond acceptors (Lipinski definition) is 3. The molecule has 0 bridgehead atoms. The number of unbranched alkanes of at least 4 members (excludes halogenated alkanes) is 2. The van der Waals surface area contributed by atoms with E-state index in [9.17, 15) is 4.79 Å². The Morgan fingerprint density at radius 3 is 2.67 bits per heavy atom. The lowest BCUT2D eigenvalue weighted by Crippen LogP contribution is -2.29. The van der Waals surface area contributed by atoms with Crippen molar-refractivity contribution < 1.29 is 9.53 Å². The van der Waals surface area contributed by atoms with Gasteiger partial charge in [0.05, 0.1) is 29.7 Å². The molecule has 1 heterocycles. The fourth-order valence-electron chi connectivity index (χ4n) is 3.35. The molecule has 27 heavy (non-hydrogen) atoms. The van der Waals surface area contributed by atoms with Gasteiger partial charge in [0.1, 0.15) is 11.6 Å². The number of carbonyl (C=O) groups excluding carboxylic acids is 1. The topological polar surface area (TPSA) is 56.2 Å². The van der Waals surface area contributed by atoms with Gasteiger partial charge >= 0.3 is 0 Å². The van der Waals surface area contributed by atoms with Crippen LogP contribution in [-0.2, 0) is 6.54 Å². The lowest BCUT2D eigenvalue weighted by Gasteiger charge is -2.17. The largest absolute Gasteiger partial charge is 0.496 e. The molecule has 0 fully saturated rings. The summed E-state index contributed by atoms with van der Waals surface area (Å²) in [6.45, 7) is 5.08. The fraction of sp³-hybridized carbons (Fsp3) is 0.364. The molecule has 0 unspecified atom stereocenters. The highest BCUT2D eigenvalue weighted by atomic mass is 16.5. The van der Waals surface area contributed by atoms with Crippen LogP contribution in [0, 0.1) is 0 Å². The number of para-hydroxylation sites is 3. The zero-order valence-electron chi connectivity index (χ0n) is 16.2. The third-order valence-electron chi connectivity index (χ3n) is 4.76. The van der Waals surface area contributed by atoms with E-state index in [4.69, 9.17) is 9.72 Å². The van der Waals surface area contributed by atoms with Crippen LogP contribution in [0.15, 0.2) is 48.5 Å². The lowest BCUT2D eigenvalue weighted by atomic mass is 10.1. The molecule has 142 valence electrons. The van der Waals surface area contributed by atoms with Crippen LogP contribution < -0.4 is 10.1 Å². The van der Waals surface area contributed by atoms with Gasteiger partial charge in [-0.05, 0) is 37.6 Å². The molecule has 3 aromatic rings. The van der Waals surface area contributed by atoms with Crippen LogP contribution in [-0.4, -0.2) is 22.6 Å². The van der Waals surface area contributed by atoms with Crippen LogP contribution in [0.5, 0.6) is 5.75 Å². The van der Waals surface area contributed by atoms with Gasteiger partial charge in [0, 0.05) is 6.54 Å². The maximum Gasteiger partial charge on any atom is 0.255 e. The van der Waals surface area contributed by atoms with E-state index in [1.165, 1.54) is 12.8 Å². The van der Waals surface area contributed by atoms with E-state index in [0.29, 0.717) is 11.3 Å². The number of aromatic nitrogens is 2. The average Bonchev–Trinajstić information content (AvgIpc) is 3.07. The number of methoxy groups -OCH3 is 1. The van der Waals surface area contributed by atoms with Gasteiger partial charge in [0.2, 0.25) is 0 Å². The third-order valence-corrected chi connectivity index (χ3v) is 4.76. The maximum absolute atomic E-state index is 12.8. The van der Waals surface area contributed by atoms with Crippen molar-refractivity contribution in [1.82, 2.24) is 14.9 Å². The third kappa shape index (κ3) is 4.13. The van der Waals surface area contributed by atoms with Gasteiger partial charge < -0.3 is 14.6 Å². The molecule has 0 spiro atoms. The Morgan fingerprint density at radius 2 is 1.89 bits per heavy atom. The molecule has 1 aromatic heterocycles. The normalized spacial score (nSPS) is 12.1. The summed E-state index contributed by atoms with van der Waals surface area (Å²) >= 11 is 0. The first kappa shape index (κ1) is 19.0. The van der Waals surface area contributed by atoms with Crippen molar-refractivity contribution in [2.45, 2.75) is 45.7 Å². The van der Waals surface area contributed by atoms with E-state index in [1.807, 2.05) is 37.3 Å². The molecular formula is C22H27N3O2. The first-order chi connectivity index (χ1) is 13.2. The molecule has 0 aliphatic carbocycles. The Balaban J connectivity index is 1.87. The molecule has 2 aromatic carbocycles. The predicted octanol–water partition coefficient (Wildman–Crippen LogP) is 4.73. The lowest BCUT2D eigenvalue weighted by molar-refractivity contribution is 0.0934. The summed E-state index contributed by atoms with van der Waals surface area (Å²) in [6.07, 6.45) is 3.44. The Hall–Kier alpha value is -2.82. The first-order valence-corrected chi connectivity index (χ1v) is 9.54. The zero-order valence-corrected chi connectivity index (χ0v) is 16.2. The van der Waals surface area contributed by atoms with E-state index >= 15 is 0 Å². The highest BCUT2D eigenvalue weighted by molar-refractivity contribution is 5.97. The summed E-state index contributed by atoms with van der Waals surface area (Å²) < 4.78 is 7.54. The van der Waals surface area contributed by atoms with Crippen molar-refractivity contribution in [1.29, 1.82) is 0 Å². The SMILES string of the molecule is CCCCCn1c([C@@H](C)NC(=O)c2ccccc2OC)nc2ccccc21. The standard InChI is InChI=1S/C22H27N3O2/c1-4-5-10-15-25-19-13-8-7-12-18(19)24-21(25)16(2)23-22(26)17-11-6-9-14-20(17)27-3/h6-9,11-14,16H,4-5,10,15H2,1-3H3,(H,23,26)/t16-/m1/s1. The molecule has 0 radical (unpaired) electrons. The van der Waals surface area contributed by atoms with Crippen LogP contribution >= 0.6 is 0 Å². The minimum absolute atomic E-state index is 0.160. The average molecular weight is 365 g/mol. The summed E-state index contributed by atoms with van der Waals surface area (Å²) in [4.78, 5) is 17.6. The molecule has 0 aliphatic rings. The van der Waals surface area contributed by atoms with Crippen LogP contribution in [0.2, 0.25) is 0 Å². The highest BCUT2D eigenvalue weighted by Gasteiger charge is 2.20. The highest BCUT2D eigenvalue weighted by Crippen LogP contribution is 2.23. The number of carbonyl (C=O) groups is 1. The Kier molecular flexibility index (Phi) is 6.12. The molecule has 1 amide bonds. The summed E-state index contributed by atoms with van der Waals surface area (Å²) in [5.74, 6) is 1.29. The van der Waals surface area contributed by atoms with Crippen molar-refractivity contribution in [2.24, 2.45) is 0 Å². The van der Waals surface area contributed by atoms with Gasteiger partial charge in [-0.25, -0.2) is 4.98 Å². The molecular weight excluding hydrogens is 338 g/mol. The van der Waals surface area contributed by atoms with Crippen LogP contribution in [0.25, 0.3) is 11.0 Å². The molecule has 0 saturated carbocycles. The van der Waals surface area contributed by atoms with Crippen molar-refractivity contribution in [3.8, 4) is 5.75 Å². The van der Waals surface area contributed by atoms with Gasteiger partial charge in [-0.3, -0.25) is 4.79 Å². The minimum atomic E-state index is -0.212. The summed E-state index contributed by atoms with van der Waals surface area (Å²) in [5.41, 5.74) is 2.60. The molecule has 0 saturated heterocycles. The Bertz CT molecular complexity index is 917. The molecule has 0 aliphatic heterocycles. The number of aryl methyl sites for hydroxylation is 1. The number of imidazole rings is 1. The number of fused-ring (bicyclic) bond motifs is 1. The number of nitrogens with one attached hydrogen (secondary N) is 1. The number of benzene rings is 2. The van der Waals surface area contributed by atoms with Gasteiger partial charge in [-0.1, -0.05) is 44.0 Å². The van der Waals surface area contributed by atoms with Crippen molar-refractivity contribution >= 4 is 16.9 Å². The summed E-state index contributed by atoms with van der Waals surface area (Å²) in [5, 5.41) is 3.08. The molecule has 1 N–H and O–H groups in total. The van der Waals surface area contributed by atoms with Gasteiger partial charge in [0.25, 0.3) is 5.91 Å².